The first-order chi connectivity index (χ1) is 23.7. The summed E-state index contributed by atoms with van der Waals surface area (Å²) in [5.74, 6) is -1.89. The molecule has 6 rings (SSSR count). The molecule has 1 saturated heterocycles. The molecule has 1 aromatic carbocycles. The molecule has 15 nitrogen and oxygen atoms in total. The Hall–Kier alpha value is -4.47. The van der Waals surface area contributed by atoms with Crippen molar-refractivity contribution in [3.05, 3.63) is 36.5 Å². The summed E-state index contributed by atoms with van der Waals surface area (Å²) in [7, 11) is -2.46. The second kappa shape index (κ2) is 13.3. The standard InChI is InChI=1S/C34H44N6O9S/c1-19-7-5-6-8-21-16-34(21,31(43)39-50(46,47)33(3)11-12-33)37-29(41)26-15-23(18-40(26)30(42)28(20(2)13-19)36-32(44)45)49-27-17-35-38-25-14-22(48-4)9-10-24(25)27/h6,8-10,14,17,19-21,23,26,28,36H,5,7,11-13,15-16,18H2,1-4H3,(H,37,41)(H,39,43)(H,44,45)/b8-6-/t19-,20-,21-,23-,26+,28+,34-/m1/s1. The molecule has 7 atom stereocenters. The van der Waals surface area contributed by atoms with E-state index in [1.807, 2.05) is 19.1 Å². The number of fused-ring (bicyclic) bond motifs is 3. The Bertz CT molecular complexity index is 1830. The lowest BCUT2D eigenvalue weighted by Crippen LogP contribution is -2.59. The molecule has 4 N–H and O–H groups in total. The molecule has 0 radical (unpaired) electrons. The normalized spacial score (nSPS) is 31.6. The van der Waals surface area contributed by atoms with Crippen LogP contribution in [-0.4, -0.2) is 94.6 Å². The third kappa shape index (κ3) is 6.94. The third-order valence-corrected chi connectivity index (χ3v) is 12.8. The molecule has 0 bridgehead atoms. The Kier molecular flexibility index (Phi) is 9.43. The van der Waals surface area contributed by atoms with E-state index in [9.17, 15) is 32.7 Å². The summed E-state index contributed by atoms with van der Waals surface area (Å²) in [6, 6.07) is 2.89. The summed E-state index contributed by atoms with van der Waals surface area (Å²) in [6.45, 7) is 5.34. The summed E-state index contributed by atoms with van der Waals surface area (Å²) in [5.41, 5.74) is -1.03. The number of sulfonamides is 1. The van der Waals surface area contributed by atoms with Gasteiger partial charge in [0.2, 0.25) is 21.8 Å². The van der Waals surface area contributed by atoms with Gasteiger partial charge in [-0.05, 0) is 69.4 Å². The van der Waals surface area contributed by atoms with Crippen LogP contribution in [0.4, 0.5) is 4.79 Å². The van der Waals surface area contributed by atoms with Crippen molar-refractivity contribution in [2.24, 2.45) is 17.8 Å². The van der Waals surface area contributed by atoms with Gasteiger partial charge in [0.05, 0.1) is 24.6 Å². The highest BCUT2D eigenvalue weighted by molar-refractivity contribution is 7.91. The maximum Gasteiger partial charge on any atom is 0.405 e. The number of allylic oxidation sites excluding steroid dienone is 1. The fourth-order valence-corrected chi connectivity index (χ4v) is 8.46. The zero-order chi connectivity index (χ0) is 36.0. The van der Waals surface area contributed by atoms with E-state index in [-0.39, 0.29) is 25.3 Å². The maximum atomic E-state index is 14.3. The molecule has 4 aliphatic rings. The Labute approximate surface area is 290 Å². The minimum atomic E-state index is -4.00. The number of carbonyl (C=O) groups is 4. The molecule has 2 aliphatic carbocycles. The van der Waals surface area contributed by atoms with Crippen molar-refractivity contribution >= 4 is 44.7 Å². The molecule has 4 amide bonds. The number of ether oxygens (including phenoxy) is 2. The fourth-order valence-electron chi connectivity index (χ4n) is 7.15. The van der Waals surface area contributed by atoms with Crippen LogP contribution >= 0.6 is 0 Å². The zero-order valence-corrected chi connectivity index (χ0v) is 29.4. The number of nitrogens with zero attached hydrogens (tertiary/aromatic N) is 3. The van der Waals surface area contributed by atoms with Crippen LogP contribution in [0, 0.1) is 17.8 Å². The maximum absolute atomic E-state index is 14.3. The minimum absolute atomic E-state index is 0.0106. The number of carboxylic acid groups (broad SMARTS) is 1. The predicted molar refractivity (Wildman–Crippen MR) is 181 cm³/mol. The zero-order valence-electron chi connectivity index (χ0n) is 28.5. The van der Waals surface area contributed by atoms with Gasteiger partial charge in [-0.3, -0.25) is 19.1 Å². The number of hydrogen-bond donors (Lipinski definition) is 4. The molecule has 0 spiro atoms. The van der Waals surface area contributed by atoms with Crippen LogP contribution in [0.2, 0.25) is 0 Å². The average Bonchev–Trinajstić information content (AvgIpc) is 3.95. The van der Waals surface area contributed by atoms with Crippen LogP contribution in [0.5, 0.6) is 11.5 Å². The lowest BCUT2D eigenvalue weighted by Gasteiger charge is -2.32. The Balaban J connectivity index is 1.33. The van der Waals surface area contributed by atoms with E-state index >= 15 is 0 Å². The van der Waals surface area contributed by atoms with Crippen molar-refractivity contribution in [3.8, 4) is 11.5 Å². The molecule has 270 valence electrons. The van der Waals surface area contributed by atoms with Gasteiger partial charge < -0.3 is 30.1 Å². The highest BCUT2D eigenvalue weighted by Crippen LogP contribution is 2.47. The minimum Gasteiger partial charge on any atom is -0.497 e. The topological polar surface area (TPSA) is 206 Å². The molecule has 0 unspecified atom stereocenters. The molecule has 2 aliphatic heterocycles. The van der Waals surface area contributed by atoms with Crippen molar-refractivity contribution in [1.82, 2.24) is 30.5 Å². The monoisotopic (exact) mass is 712 g/mol. The van der Waals surface area contributed by atoms with Gasteiger partial charge in [0.1, 0.15) is 40.7 Å². The Morgan fingerprint density at radius 1 is 1.16 bits per heavy atom. The quantitative estimate of drug-likeness (QED) is 0.307. The SMILES string of the molecule is COc1ccc2c(O[C@@H]3C[C@H]4C(=O)N[C@]5(C(=O)NS(=O)(=O)C6(C)CC6)C[C@H]5/C=C\CC[C@@H](C)C[C@@H](C)[C@H](NC(=O)O)C(=O)N4C3)cnnc2c1. The van der Waals surface area contributed by atoms with Crippen molar-refractivity contribution < 1.29 is 42.2 Å². The van der Waals surface area contributed by atoms with Crippen LogP contribution in [0.15, 0.2) is 36.5 Å². The first-order valence-corrected chi connectivity index (χ1v) is 18.5. The molecule has 16 heteroatoms. The van der Waals surface area contributed by atoms with Crippen LogP contribution in [0.3, 0.4) is 0 Å². The first-order valence-electron chi connectivity index (χ1n) is 17.0. The molecule has 50 heavy (non-hydrogen) atoms. The van der Waals surface area contributed by atoms with E-state index in [0.29, 0.717) is 48.1 Å². The lowest BCUT2D eigenvalue weighted by atomic mass is 9.88. The van der Waals surface area contributed by atoms with Crippen LogP contribution in [-0.2, 0) is 24.4 Å². The van der Waals surface area contributed by atoms with E-state index in [0.717, 1.165) is 6.42 Å². The molecule has 3 fully saturated rings. The van der Waals surface area contributed by atoms with Gasteiger partial charge in [0, 0.05) is 23.8 Å². The number of nitrogens with one attached hydrogen (secondary N) is 3. The smallest absolute Gasteiger partial charge is 0.405 e. The van der Waals surface area contributed by atoms with Crippen molar-refractivity contribution in [1.29, 1.82) is 0 Å². The van der Waals surface area contributed by atoms with Crippen molar-refractivity contribution in [2.75, 3.05) is 13.7 Å². The van der Waals surface area contributed by atoms with Crippen LogP contribution in [0.1, 0.15) is 65.7 Å². The summed E-state index contributed by atoms with van der Waals surface area (Å²) in [4.78, 5) is 55.6. The number of amides is 4. The summed E-state index contributed by atoms with van der Waals surface area (Å²) < 4.78 is 39.0. The number of methoxy groups -OCH3 is 1. The number of rotatable bonds is 7. The largest absolute Gasteiger partial charge is 0.497 e. The highest BCUT2D eigenvalue weighted by atomic mass is 32.2. The van der Waals surface area contributed by atoms with E-state index in [2.05, 4.69) is 25.6 Å². The Morgan fingerprint density at radius 3 is 2.62 bits per heavy atom. The molecular weight excluding hydrogens is 668 g/mol. The summed E-state index contributed by atoms with van der Waals surface area (Å²) in [5, 5.41) is 23.8. The Morgan fingerprint density at radius 2 is 1.92 bits per heavy atom. The molecule has 1 aromatic heterocycles. The van der Waals surface area contributed by atoms with Crippen molar-refractivity contribution in [2.45, 2.75) is 94.2 Å². The van der Waals surface area contributed by atoms with Gasteiger partial charge in [-0.2, -0.15) is 10.2 Å². The predicted octanol–water partition coefficient (Wildman–Crippen LogP) is 2.51. The van der Waals surface area contributed by atoms with Crippen LogP contribution < -0.4 is 24.8 Å². The number of benzene rings is 1. The fraction of sp³-hybridized carbons (Fsp3) is 0.588. The van der Waals surface area contributed by atoms with Gasteiger partial charge in [0.25, 0.3) is 5.91 Å². The van der Waals surface area contributed by atoms with Gasteiger partial charge in [-0.1, -0.05) is 26.0 Å². The van der Waals surface area contributed by atoms with E-state index in [1.165, 1.54) is 18.2 Å². The molecule has 2 aromatic rings. The summed E-state index contributed by atoms with van der Waals surface area (Å²) >= 11 is 0. The van der Waals surface area contributed by atoms with E-state index < -0.39 is 74.1 Å². The number of hydrogen-bond acceptors (Lipinski definition) is 10. The van der Waals surface area contributed by atoms with Crippen molar-refractivity contribution in [3.63, 3.8) is 0 Å². The van der Waals surface area contributed by atoms with Crippen LogP contribution in [0.25, 0.3) is 10.9 Å². The molecular formula is C34H44N6O9S. The number of aromatic nitrogens is 2. The van der Waals surface area contributed by atoms with E-state index in [4.69, 9.17) is 9.47 Å². The van der Waals surface area contributed by atoms with Gasteiger partial charge in [-0.15, -0.1) is 0 Å². The third-order valence-electron chi connectivity index (χ3n) is 10.6. The van der Waals surface area contributed by atoms with Gasteiger partial charge in [0.15, 0.2) is 0 Å². The highest BCUT2D eigenvalue weighted by Gasteiger charge is 2.63. The second-order valence-corrected chi connectivity index (χ2v) is 16.7. The first kappa shape index (κ1) is 35.4. The number of carbonyl (C=O) groups excluding carboxylic acids is 3. The molecule has 2 saturated carbocycles. The molecule has 3 heterocycles. The lowest BCUT2D eigenvalue weighted by molar-refractivity contribution is -0.142. The van der Waals surface area contributed by atoms with E-state index in [1.54, 1.807) is 32.0 Å². The average molecular weight is 713 g/mol. The second-order valence-electron chi connectivity index (χ2n) is 14.5. The summed E-state index contributed by atoms with van der Waals surface area (Å²) in [6.07, 6.45) is 6.09. The van der Waals surface area contributed by atoms with Gasteiger partial charge in [-0.25, -0.2) is 13.2 Å². The van der Waals surface area contributed by atoms with Gasteiger partial charge >= 0.3 is 6.09 Å².